The largest absolute Gasteiger partial charge is 0.394 e. The highest BCUT2D eigenvalue weighted by Crippen LogP contribution is 2.17. The van der Waals surface area contributed by atoms with Crippen LogP contribution in [0.2, 0.25) is 0 Å². The lowest BCUT2D eigenvalue weighted by molar-refractivity contribution is 0.0920. The van der Waals surface area contributed by atoms with Crippen molar-refractivity contribution >= 4 is 17.2 Å². The summed E-state index contributed by atoms with van der Waals surface area (Å²) in [6.07, 6.45) is 0. The first-order valence-corrected chi connectivity index (χ1v) is 6.55. The Hall–Kier alpha value is -1.65. The van der Waals surface area contributed by atoms with Crippen LogP contribution in [0.3, 0.4) is 0 Å². The van der Waals surface area contributed by atoms with Gasteiger partial charge in [0.2, 0.25) is 0 Å². The molecule has 2 aromatic rings. The number of carbonyl (C=O) groups is 1. The molecule has 0 fully saturated rings. The minimum atomic E-state index is -0.360. The number of hydrogen-bond acceptors (Lipinski definition) is 3. The van der Waals surface area contributed by atoms with Crippen molar-refractivity contribution in [1.29, 1.82) is 0 Å². The van der Waals surface area contributed by atoms with Gasteiger partial charge in [0.1, 0.15) is 0 Å². The Bertz CT molecular complexity index is 522. The monoisotopic (exact) mass is 261 g/mol. The Morgan fingerprint density at radius 3 is 2.56 bits per heavy atom. The van der Waals surface area contributed by atoms with E-state index in [1.54, 1.807) is 6.07 Å². The van der Waals surface area contributed by atoms with E-state index in [0.717, 1.165) is 10.4 Å². The zero-order valence-corrected chi connectivity index (χ0v) is 10.9. The normalized spacial score (nSPS) is 12.1. The molecule has 1 aromatic carbocycles. The van der Waals surface area contributed by atoms with Crippen molar-refractivity contribution in [3.8, 4) is 0 Å². The van der Waals surface area contributed by atoms with E-state index in [2.05, 4.69) is 5.32 Å². The van der Waals surface area contributed by atoms with Gasteiger partial charge in [0.25, 0.3) is 5.91 Å². The molecule has 18 heavy (non-hydrogen) atoms. The fraction of sp³-hybridized carbons (Fsp3) is 0.214. The molecule has 0 radical (unpaired) electrons. The lowest BCUT2D eigenvalue weighted by atomic mass is 10.1. The van der Waals surface area contributed by atoms with E-state index in [-0.39, 0.29) is 18.6 Å². The number of aryl methyl sites for hydroxylation is 1. The summed E-state index contributed by atoms with van der Waals surface area (Å²) >= 11 is 1.45. The maximum Gasteiger partial charge on any atom is 0.261 e. The Morgan fingerprint density at radius 2 is 2.00 bits per heavy atom. The molecule has 2 rings (SSSR count). The zero-order chi connectivity index (χ0) is 13.0. The van der Waals surface area contributed by atoms with Gasteiger partial charge in [-0.15, -0.1) is 11.3 Å². The molecule has 1 heterocycles. The molecular weight excluding hydrogens is 246 g/mol. The number of carbonyl (C=O) groups excluding carboxylic acids is 1. The van der Waals surface area contributed by atoms with Crippen LogP contribution in [0.25, 0.3) is 0 Å². The molecule has 4 heteroatoms. The van der Waals surface area contributed by atoms with Crippen LogP contribution < -0.4 is 5.32 Å². The maximum atomic E-state index is 12.0. The molecular formula is C14H15NO2S. The minimum Gasteiger partial charge on any atom is -0.394 e. The van der Waals surface area contributed by atoms with Crippen LogP contribution in [-0.2, 0) is 0 Å². The first kappa shape index (κ1) is 12.8. The average Bonchev–Trinajstić information content (AvgIpc) is 2.83. The topological polar surface area (TPSA) is 49.3 Å². The first-order chi connectivity index (χ1) is 8.70. The standard InChI is InChI=1S/C14H15NO2S/c1-10-7-8-13(18-10)14(17)15-12(9-16)11-5-3-2-4-6-11/h2-8,12,16H,9H2,1H3,(H,15,17)/t12-/m0/s1. The van der Waals surface area contributed by atoms with Crippen molar-refractivity contribution in [1.82, 2.24) is 5.32 Å². The molecule has 0 aliphatic carbocycles. The highest BCUT2D eigenvalue weighted by atomic mass is 32.1. The fourth-order valence-electron chi connectivity index (χ4n) is 1.71. The van der Waals surface area contributed by atoms with Crippen molar-refractivity contribution in [3.63, 3.8) is 0 Å². The molecule has 1 aromatic heterocycles. The van der Waals surface area contributed by atoms with Gasteiger partial charge in [0.15, 0.2) is 0 Å². The molecule has 94 valence electrons. The van der Waals surface area contributed by atoms with Crippen molar-refractivity contribution < 1.29 is 9.90 Å². The van der Waals surface area contributed by atoms with Gasteiger partial charge in [0, 0.05) is 4.88 Å². The first-order valence-electron chi connectivity index (χ1n) is 5.74. The van der Waals surface area contributed by atoms with Crippen LogP contribution in [-0.4, -0.2) is 17.6 Å². The van der Waals surface area contributed by atoms with E-state index in [1.807, 2.05) is 43.3 Å². The molecule has 0 saturated carbocycles. The third-order valence-corrected chi connectivity index (χ3v) is 3.65. The Labute approximate surface area is 110 Å². The summed E-state index contributed by atoms with van der Waals surface area (Å²) in [6, 6.07) is 12.8. The quantitative estimate of drug-likeness (QED) is 0.888. The lowest BCUT2D eigenvalue weighted by Crippen LogP contribution is -2.30. The zero-order valence-electron chi connectivity index (χ0n) is 10.1. The van der Waals surface area contributed by atoms with Crippen LogP contribution in [0.1, 0.15) is 26.2 Å². The van der Waals surface area contributed by atoms with Gasteiger partial charge in [-0.3, -0.25) is 4.79 Å². The molecule has 0 bridgehead atoms. The smallest absolute Gasteiger partial charge is 0.261 e. The predicted molar refractivity (Wildman–Crippen MR) is 72.8 cm³/mol. The SMILES string of the molecule is Cc1ccc(C(=O)N[C@@H](CO)c2ccccc2)s1. The highest BCUT2D eigenvalue weighted by molar-refractivity contribution is 7.13. The molecule has 3 nitrogen and oxygen atoms in total. The molecule has 2 N–H and O–H groups in total. The number of amides is 1. The van der Waals surface area contributed by atoms with Gasteiger partial charge in [0.05, 0.1) is 17.5 Å². The number of thiophene rings is 1. The molecule has 0 spiro atoms. The molecule has 0 saturated heterocycles. The molecule has 0 unspecified atom stereocenters. The van der Waals surface area contributed by atoms with Crippen LogP contribution in [0.5, 0.6) is 0 Å². The second-order valence-corrected chi connectivity index (χ2v) is 5.32. The van der Waals surface area contributed by atoms with E-state index in [1.165, 1.54) is 11.3 Å². The lowest BCUT2D eigenvalue weighted by Gasteiger charge is -2.16. The third kappa shape index (κ3) is 2.97. The minimum absolute atomic E-state index is 0.111. The highest BCUT2D eigenvalue weighted by Gasteiger charge is 2.15. The average molecular weight is 261 g/mol. The van der Waals surface area contributed by atoms with Gasteiger partial charge in [-0.2, -0.15) is 0 Å². The summed E-state index contributed by atoms with van der Waals surface area (Å²) in [5.41, 5.74) is 0.904. The Kier molecular flexibility index (Phi) is 4.12. The number of rotatable bonds is 4. The van der Waals surface area contributed by atoms with E-state index in [4.69, 9.17) is 0 Å². The van der Waals surface area contributed by atoms with E-state index in [0.29, 0.717) is 4.88 Å². The van der Waals surface area contributed by atoms with Gasteiger partial charge in [-0.05, 0) is 24.6 Å². The number of aliphatic hydroxyl groups excluding tert-OH is 1. The number of hydrogen-bond donors (Lipinski definition) is 2. The van der Waals surface area contributed by atoms with Crippen molar-refractivity contribution in [2.45, 2.75) is 13.0 Å². The van der Waals surface area contributed by atoms with E-state index >= 15 is 0 Å². The van der Waals surface area contributed by atoms with Gasteiger partial charge in [-0.1, -0.05) is 30.3 Å². The summed E-state index contributed by atoms with van der Waals surface area (Å²) in [5, 5.41) is 12.2. The van der Waals surface area contributed by atoms with Crippen LogP contribution in [0.15, 0.2) is 42.5 Å². The Balaban J connectivity index is 2.10. The number of nitrogens with one attached hydrogen (secondary N) is 1. The van der Waals surface area contributed by atoms with E-state index < -0.39 is 0 Å². The van der Waals surface area contributed by atoms with E-state index in [9.17, 15) is 9.90 Å². The van der Waals surface area contributed by atoms with Gasteiger partial charge in [-0.25, -0.2) is 0 Å². The number of benzene rings is 1. The summed E-state index contributed by atoms with van der Waals surface area (Å²) < 4.78 is 0. The molecule has 1 amide bonds. The Morgan fingerprint density at radius 1 is 1.28 bits per heavy atom. The third-order valence-electron chi connectivity index (χ3n) is 2.65. The molecule has 1 atom stereocenters. The van der Waals surface area contributed by atoms with Crippen molar-refractivity contribution in [2.75, 3.05) is 6.61 Å². The summed E-state index contributed by atoms with van der Waals surface area (Å²) in [7, 11) is 0. The van der Waals surface area contributed by atoms with Crippen LogP contribution >= 0.6 is 11.3 Å². The van der Waals surface area contributed by atoms with Crippen LogP contribution in [0, 0.1) is 6.92 Å². The fourth-order valence-corrected chi connectivity index (χ4v) is 2.48. The molecule has 0 aliphatic rings. The van der Waals surface area contributed by atoms with Crippen molar-refractivity contribution in [3.05, 3.63) is 57.8 Å². The number of aliphatic hydroxyl groups is 1. The summed E-state index contributed by atoms with van der Waals surface area (Å²) in [4.78, 5) is 13.8. The maximum absolute atomic E-state index is 12.0. The predicted octanol–water partition coefficient (Wildman–Crippen LogP) is 2.52. The summed E-state index contributed by atoms with van der Waals surface area (Å²) in [5.74, 6) is -0.143. The van der Waals surface area contributed by atoms with Gasteiger partial charge < -0.3 is 10.4 Å². The van der Waals surface area contributed by atoms with Gasteiger partial charge >= 0.3 is 0 Å². The second-order valence-electron chi connectivity index (χ2n) is 4.03. The van der Waals surface area contributed by atoms with Crippen molar-refractivity contribution in [2.24, 2.45) is 0 Å². The summed E-state index contributed by atoms with van der Waals surface area (Å²) in [6.45, 7) is 1.85. The molecule has 0 aliphatic heterocycles. The second kappa shape index (κ2) is 5.80. The van der Waals surface area contributed by atoms with Crippen LogP contribution in [0.4, 0.5) is 0 Å².